The summed E-state index contributed by atoms with van der Waals surface area (Å²) in [7, 11) is 3.35. The van der Waals surface area contributed by atoms with Gasteiger partial charge in [0.05, 0.1) is 20.3 Å². The van der Waals surface area contributed by atoms with E-state index < -0.39 is 0 Å². The Balaban J connectivity index is 1.57. The van der Waals surface area contributed by atoms with Gasteiger partial charge in [0.15, 0.2) is 29.1 Å². The molecule has 0 radical (unpaired) electrons. The van der Waals surface area contributed by atoms with Crippen molar-refractivity contribution in [3.63, 3.8) is 0 Å². The average Bonchev–Trinajstić information content (AvgIpc) is 2.76. The monoisotopic (exact) mass is 397 g/mol. The number of methoxy groups -OCH3 is 1. The highest BCUT2D eigenvalue weighted by Gasteiger charge is 2.23. The standard InChI is InChI=1S/C23H27NO5/c1-4-13-27-20-11-9-17(14-22(20)26-3)10-12-23(25)24(2)15-18-16-28-19-7-5-6-8-21(19)29-18/h5-12,14,18H,4,13,15-16H2,1-3H3. The Morgan fingerprint density at radius 2 is 2.00 bits per heavy atom. The van der Waals surface area contributed by atoms with Gasteiger partial charge in [0, 0.05) is 13.1 Å². The van der Waals surface area contributed by atoms with Crippen LogP contribution >= 0.6 is 0 Å². The smallest absolute Gasteiger partial charge is 0.246 e. The van der Waals surface area contributed by atoms with Gasteiger partial charge in [-0.1, -0.05) is 25.1 Å². The first kappa shape index (κ1) is 20.6. The molecule has 0 fully saturated rings. The maximum absolute atomic E-state index is 12.5. The molecule has 29 heavy (non-hydrogen) atoms. The first-order valence-electron chi connectivity index (χ1n) is 9.73. The molecule has 1 amide bonds. The molecular formula is C23H27NO5. The van der Waals surface area contributed by atoms with Crippen molar-refractivity contribution < 1.29 is 23.7 Å². The lowest BCUT2D eigenvalue weighted by atomic mass is 10.2. The van der Waals surface area contributed by atoms with E-state index in [1.165, 1.54) is 0 Å². The molecule has 1 aliphatic rings. The minimum Gasteiger partial charge on any atom is -0.493 e. The molecule has 1 unspecified atom stereocenters. The Labute approximate surface area is 171 Å². The summed E-state index contributed by atoms with van der Waals surface area (Å²) in [4.78, 5) is 14.1. The second-order valence-corrected chi connectivity index (χ2v) is 6.81. The van der Waals surface area contributed by atoms with E-state index >= 15 is 0 Å². The maximum Gasteiger partial charge on any atom is 0.246 e. The number of hydrogen-bond donors (Lipinski definition) is 0. The minimum absolute atomic E-state index is 0.113. The topological polar surface area (TPSA) is 57.2 Å². The third kappa shape index (κ3) is 5.44. The SMILES string of the molecule is CCCOc1ccc(C=CC(=O)N(C)CC2COc3ccccc3O2)cc1OC. The molecule has 0 saturated heterocycles. The van der Waals surface area contributed by atoms with Crippen LogP contribution in [0.5, 0.6) is 23.0 Å². The van der Waals surface area contributed by atoms with Gasteiger partial charge in [0.1, 0.15) is 6.61 Å². The number of amides is 1. The Bertz CT molecular complexity index is 864. The molecule has 3 rings (SSSR count). The second-order valence-electron chi connectivity index (χ2n) is 6.81. The van der Waals surface area contributed by atoms with Gasteiger partial charge in [0.2, 0.25) is 5.91 Å². The molecule has 2 aromatic carbocycles. The Hall–Kier alpha value is -3.15. The third-order valence-corrected chi connectivity index (χ3v) is 4.49. The molecule has 0 bridgehead atoms. The van der Waals surface area contributed by atoms with Crippen LogP contribution in [0.1, 0.15) is 18.9 Å². The van der Waals surface area contributed by atoms with Gasteiger partial charge in [0.25, 0.3) is 0 Å². The quantitative estimate of drug-likeness (QED) is 0.634. The molecule has 0 saturated carbocycles. The van der Waals surface area contributed by atoms with E-state index in [1.54, 1.807) is 31.2 Å². The van der Waals surface area contributed by atoms with Crippen LogP contribution in [-0.2, 0) is 4.79 Å². The van der Waals surface area contributed by atoms with Crippen LogP contribution < -0.4 is 18.9 Å². The van der Waals surface area contributed by atoms with E-state index in [9.17, 15) is 4.79 Å². The summed E-state index contributed by atoms with van der Waals surface area (Å²) < 4.78 is 22.7. The molecule has 6 nitrogen and oxygen atoms in total. The molecule has 0 aromatic heterocycles. The second kappa shape index (κ2) is 9.87. The largest absolute Gasteiger partial charge is 0.493 e. The van der Waals surface area contributed by atoms with Crippen molar-refractivity contribution in [2.75, 3.05) is 33.9 Å². The van der Waals surface area contributed by atoms with Crippen molar-refractivity contribution >= 4 is 12.0 Å². The molecule has 1 heterocycles. The van der Waals surface area contributed by atoms with Crippen LogP contribution in [-0.4, -0.2) is 50.8 Å². The number of nitrogens with zero attached hydrogens (tertiary/aromatic N) is 1. The van der Waals surface area contributed by atoms with Crippen LogP contribution in [0.25, 0.3) is 6.08 Å². The summed E-state index contributed by atoms with van der Waals surface area (Å²) >= 11 is 0. The van der Waals surface area contributed by atoms with E-state index in [1.807, 2.05) is 42.5 Å². The van der Waals surface area contributed by atoms with E-state index in [4.69, 9.17) is 18.9 Å². The van der Waals surface area contributed by atoms with Gasteiger partial charge in [-0.2, -0.15) is 0 Å². The molecule has 154 valence electrons. The fourth-order valence-electron chi connectivity index (χ4n) is 2.96. The highest BCUT2D eigenvalue weighted by molar-refractivity contribution is 5.91. The van der Waals surface area contributed by atoms with Gasteiger partial charge in [-0.25, -0.2) is 0 Å². The lowest BCUT2D eigenvalue weighted by Crippen LogP contribution is -2.41. The molecule has 6 heteroatoms. The van der Waals surface area contributed by atoms with Gasteiger partial charge in [-0.15, -0.1) is 0 Å². The zero-order valence-electron chi connectivity index (χ0n) is 17.1. The fourth-order valence-corrected chi connectivity index (χ4v) is 2.96. The van der Waals surface area contributed by atoms with Crippen molar-refractivity contribution in [2.24, 2.45) is 0 Å². The third-order valence-electron chi connectivity index (χ3n) is 4.49. The molecule has 2 aromatic rings. The van der Waals surface area contributed by atoms with Gasteiger partial charge < -0.3 is 23.8 Å². The number of carbonyl (C=O) groups excluding carboxylic acids is 1. The van der Waals surface area contributed by atoms with Crippen LogP contribution in [0.3, 0.4) is 0 Å². The maximum atomic E-state index is 12.5. The number of likely N-dealkylation sites (N-methyl/N-ethyl adjacent to an activating group) is 1. The molecule has 1 aliphatic heterocycles. The summed E-state index contributed by atoms with van der Waals surface area (Å²) in [5.41, 5.74) is 0.860. The first-order chi connectivity index (χ1) is 14.1. The van der Waals surface area contributed by atoms with E-state index in [2.05, 4.69) is 6.92 Å². The zero-order chi connectivity index (χ0) is 20.6. The first-order valence-corrected chi connectivity index (χ1v) is 9.73. The Morgan fingerprint density at radius 3 is 2.76 bits per heavy atom. The molecule has 1 atom stereocenters. The van der Waals surface area contributed by atoms with Crippen molar-refractivity contribution in [2.45, 2.75) is 19.4 Å². The Morgan fingerprint density at radius 1 is 1.21 bits per heavy atom. The fraction of sp³-hybridized carbons (Fsp3) is 0.348. The summed E-state index contributed by atoms with van der Waals surface area (Å²) in [6.45, 7) is 3.53. The van der Waals surface area contributed by atoms with Crippen molar-refractivity contribution in [3.05, 3.63) is 54.1 Å². The summed E-state index contributed by atoms with van der Waals surface area (Å²) in [6, 6.07) is 13.1. The molecule has 0 aliphatic carbocycles. The summed E-state index contributed by atoms with van der Waals surface area (Å²) in [5, 5.41) is 0. The number of hydrogen-bond acceptors (Lipinski definition) is 5. The minimum atomic E-state index is -0.206. The predicted molar refractivity (Wildman–Crippen MR) is 112 cm³/mol. The van der Waals surface area contributed by atoms with Gasteiger partial charge >= 0.3 is 0 Å². The van der Waals surface area contributed by atoms with Gasteiger partial charge in [-0.05, 0) is 42.3 Å². The molecule has 0 spiro atoms. The van der Waals surface area contributed by atoms with Crippen LogP contribution in [0.15, 0.2) is 48.5 Å². The number of fused-ring (bicyclic) bond motifs is 1. The average molecular weight is 397 g/mol. The van der Waals surface area contributed by atoms with Crippen molar-refractivity contribution in [3.8, 4) is 23.0 Å². The Kier molecular flexibility index (Phi) is 7.00. The highest BCUT2D eigenvalue weighted by Crippen LogP contribution is 2.31. The number of para-hydroxylation sites is 2. The normalized spacial score (nSPS) is 15.2. The van der Waals surface area contributed by atoms with E-state index in [0.29, 0.717) is 37.0 Å². The summed E-state index contributed by atoms with van der Waals surface area (Å²) in [6.07, 6.45) is 4.02. The molecular weight excluding hydrogens is 370 g/mol. The lowest BCUT2D eigenvalue weighted by molar-refractivity contribution is -0.126. The number of benzene rings is 2. The predicted octanol–water partition coefficient (Wildman–Crippen LogP) is 3.80. The molecule has 0 N–H and O–H groups in total. The van der Waals surface area contributed by atoms with Crippen LogP contribution in [0.4, 0.5) is 0 Å². The summed E-state index contributed by atoms with van der Waals surface area (Å²) in [5.74, 6) is 2.67. The van der Waals surface area contributed by atoms with Crippen molar-refractivity contribution in [1.29, 1.82) is 0 Å². The van der Waals surface area contributed by atoms with Gasteiger partial charge in [-0.3, -0.25) is 4.79 Å². The number of ether oxygens (including phenoxy) is 4. The highest BCUT2D eigenvalue weighted by atomic mass is 16.6. The van der Waals surface area contributed by atoms with Crippen molar-refractivity contribution in [1.82, 2.24) is 4.90 Å². The zero-order valence-corrected chi connectivity index (χ0v) is 17.1. The van der Waals surface area contributed by atoms with E-state index in [-0.39, 0.29) is 12.0 Å². The number of carbonyl (C=O) groups is 1. The lowest BCUT2D eigenvalue weighted by Gasteiger charge is -2.29. The van der Waals surface area contributed by atoms with Crippen LogP contribution in [0, 0.1) is 0 Å². The van der Waals surface area contributed by atoms with Crippen LogP contribution in [0.2, 0.25) is 0 Å². The van der Waals surface area contributed by atoms with E-state index in [0.717, 1.165) is 17.7 Å². The number of rotatable bonds is 8.